The molecule has 0 saturated carbocycles. The van der Waals surface area contributed by atoms with Gasteiger partial charge in [-0.3, -0.25) is 14.4 Å². The topological polar surface area (TPSA) is 103 Å². The fourth-order valence-electron chi connectivity index (χ4n) is 1.43. The van der Waals surface area contributed by atoms with E-state index in [-0.39, 0.29) is 30.6 Å². The van der Waals surface area contributed by atoms with Crippen LogP contribution in [0.1, 0.15) is 26.7 Å². The summed E-state index contributed by atoms with van der Waals surface area (Å²) in [5.41, 5.74) is 0. The highest BCUT2D eigenvalue weighted by atomic mass is 16.5. The zero-order valence-corrected chi connectivity index (χ0v) is 14.0. The summed E-state index contributed by atoms with van der Waals surface area (Å²) >= 11 is 0. The minimum Gasteiger partial charge on any atom is -0.379 e. The van der Waals surface area contributed by atoms with Crippen LogP contribution in [0.5, 0.6) is 0 Å². The number of carbonyl (C=O) groups excluding carboxylic acids is 3. The van der Waals surface area contributed by atoms with Crippen molar-refractivity contribution in [1.82, 2.24) is 10.6 Å². The van der Waals surface area contributed by atoms with Gasteiger partial charge in [0.25, 0.3) is 0 Å². The number of hydrogen-bond donors (Lipinski definition) is 2. The van der Waals surface area contributed by atoms with Gasteiger partial charge in [0, 0.05) is 32.9 Å². The van der Waals surface area contributed by atoms with Crippen molar-refractivity contribution in [3.63, 3.8) is 0 Å². The van der Waals surface area contributed by atoms with Crippen LogP contribution in [0.15, 0.2) is 0 Å². The molecule has 0 aromatic rings. The van der Waals surface area contributed by atoms with Gasteiger partial charge in [-0.1, -0.05) is 6.92 Å². The molecule has 134 valence electrons. The van der Waals surface area contributed by atoms with Crippen LogP contribution in [-0.2, 0) is 28.6 Å². The third-order valence-electron chi connectivity index (χ3n) is 2.69. The van der Waals surface area contributed by atoms with Crippen molar-refractivity contribution < 1.29 is 28.6 Å². The maximum atomic E-state index is 11.4. The van der Waals surface area contributed by atoms with Gasteiger partial charge in [0.05, 0.1) is 33.0 Å². The van der Waals surface area contributed by atoms with Crippen LogP contribution in [0.3, 0.4) is 0 Å². The van der Waals surface area contributed by atoms with E-state index in [1.54, 1.807) is 6.92 Å². The largest absolute Gasteiger partial charge is 0.379 e. The van der Waals surface area contributed by atoms with E-state index in [0.29, 0.717) is 52.5 Å². The first-order valence-corrected chi connectivity index (χ1v) is 7.82. The average molecular weight is 332 g/mol. The molecule has 0 aliphatic heterocycles. The van der Waals surface area contributed by atoms with E-state index in [1.807, 2.05) is 0 Å². The maximum Gasteiger partial charge on any atom is 0.222 e. The smallest absolute Gasteiger partial charge is 0.222 e. The molecule has 8 heteroatoms. The highest BCUT2D eigenvalue weighted by Crippen LogP contribution is 1.86. The van der Waals surface area contributed by atoms with E-state index in [0.717, 1.165) is 0 Å². The molecule has 0 atom stereocenters. The first-order valence-electron chi connectivity index (χ1n) is 7.82. The number of amides is 2. The minimum atomic E-state index is -0.123. The Balaban J connectivity index is 3.24. The molecule has 0 unspecified atom stereocenters. The quantitative estimate of drug-likeness (QED) is 0.398. The molecule has 0 rings (SSSR count). The van der Waals surface area contributed by atoms with Gasteiger partial charge in [0.15, 0.2) is 5.78 Å². The summed E-state index contributed by atoms with van der Waals surface area (Å²) in [6.07, 6.45) is 0.723. The summed E-state index contributed by atoms with van der Waals surface area (Å²) < 4.78 is 15.6. The number of Topliss-reactive ketones (excluding diaryl/α,β-unsaturated/α-hetero) is 1. The van der Waals surface area contributed by atoms with E-state index < -0.39 is 0 Å². The monoisotopic (exact) mass is 332 g/mol. The molecule has 0 spiro atoms. The predicted molar refractivity (Wildman–Crippen MR) is 84.1 cm³/mol. The first kappa shape index (κ1) is 21.5. The van der Waals surface area contributed by atoms with Crippen molar-refractivity contribution in [3.8, 4) is 0 Å². The summed E-state index contributed by atoms with van der Waals surface area (Å²) in [7, 11) is 0. The average Bonchev–Trinajstić information content (AvgIpc) is 2.52. The Labute approximate surface area is 137 Å². The second-order valence-electron chi connectivity index (χ2n) is 4.75. The number of hydrogen-bond acceptors (Lipinski definition) is 6. The van der Waals surface area contributed by atoms with E-state index >= 15 is 0 Å². The Morgan fingerprint density at radius 2 is 1.43 bits per heavy atom. The third kappa shape index (κ3) is 16.7. The molecule has 0 heterocycles. The SMILES string of the molecule is CCC(=O)COCCNC(=O)CCOCCOCCNC(C)=O. The Morgan fingerprint density at radius 1 is 0.826 bits per heavy atom. The van der Waals surface area contributed by atoms with Crippen LogP contribution < -0.4 is 10.6 Å². The van der Waals surface area contributed by atoms with Crippen molar-refractivity contribution in [1.29, 1.82) is 0 Å². The summed E-state index contributed by atoms with van der Waals surface area (Å²) in [4.78, 5) is 33.0. The summed E-state index contributed by atoms with van der Waals surface area (Å²) in [5.74, 6) is -0.163. The van der Waals surface area contributed by atoms with Crippen molar-refractivity contribution in [3.05, 3.63) is 0 Å². The standard InChI is InChI=1S/C15H28N2O6/c1-3-14(19)12-23-9-6-17-15(20)4-7-21-10-11-22-8-5-16-13(2)18/h3-12H2,1-2H3,(H,16,18)(H,17,20). The lowest BCUT2D eigenvalue weighted by atomic mass is 10.3. The molecule has 23 heavy (non-hydrogen) atoms. The highest BCUT2D eigenvalue weighted by Gasteiger charge is 2.02. The van der Waals surface area contributed by atoms with Crippen molar-refractivity contribution >= 4 is 17.6 Å². The molecule has 0 fully saturated rings. The lowest BCUT2D eigenvalue weighted by Gasteiger charge is -2.07. The fourth-order valence-corrected chi connectivity index (χ4v) is 1.43. The van der Waals surface area contributed by atoms with Crippen LogP contribution in [-0.4, -0.2) is 70.3 Å². The van der Waals surface area contributed by atoms with E-state index in [4.69, 9.17) is 14.2 Å². The molecule has 0 radical (unpaired) electrons. The van der Waals surface area contributed by atoms with E-state index in [1.165, 1.54) is 6.92 Å². The Hall–Kier alpha value is -1.51. The van der Waals surface area contributed by atoms with Gasteiger partial charge in [0.1, 0.15) is 6.61 Å². The lowest BCUT2D eigenvalue weighted by molar-refractivity contribution is -0.123. The second-order valence-corrected chi connectivity index (χ2v) is 4.75. The second kappa shape index (κ2) is 15.4. The zero-order chi connectivity index (χ0) is 17.3. The van der Waals surface area contributed by atoms with Gasteiger partial charge in [-0.25, -0.2) is 0 Å². The molecule has 0 saturated heterocycles. The Kier molecular flexibility index (Phi) is 14.4. The lowest BCUT2D eigenvalue weighted by Crippen LogP contribution is -2.28. The number of rotatable bonds is 15. The van der Waals surface area contributed by atoms with Gasteiger partial charge in [-0.15, -0.1) is 0 Å². The van der Waals surface area contributed by atoms with Crippen molar-refractivity contribution in [2.75, 3.05) is 52.7 Å². The summed E-state index contributed by atoms with van der Waals surface area (Å²) in [6, 6.07) is 0. The van der Waals surface area contributed by atoms with Gasteiger partial charge in [-0.05, 0) is 0 Å². The van der Waals surface area contributed by atoms with Crippen LogP contribution in [0, 0.1) is 0 Å². The number of ketones is 1. The minimum absolute atomic E-state index is 0.0454. The van der Waals surface area contributed by atoms with Crippen LogP contribution in [0.4, 0.5) is 0 Å². The molecule has 0 bridgehead atoms. The molecule has 2 N–H and O–H groups in total. The van der Waals surface area contributed by atoms with Crippen LogP contribution in [0.25, 0.3) is 0 Å². The van der Waals surface area contributed by atoms with Gasteiger partial charge >= 0.3 is 0 Å². The summed E-state index contributed by atoms with van der Waals surface area (Å²) in [6.45, 7) is 6.06. The molecule has 0 aliphatic rings. The van der Waals surface area contributed by atoms with E-state index in [2.05, 4.69) is 10.6 Å². The van der Waals surface area contributed by atoms with Crippen LogP contribution in [0.2, 0.25) is 0 Å². The molecule has 0 aromatic carbocycles. The van der Waals surface area contributed by atoms with E-state index in [9.17, 15) is 14.4 Å². The van der Waals surface area contributed by atoms with Crippen molar-refractivity contribution in [2.45, 2.75) is 26.7 Å². The molecular weight excluding hydrogens is 304 g/mol. The van der Waals surface area contributed by atoms with Crippen LogP contribution >= 0.6 is 0 Å². The molecular formula is C15H28N2O6. The Morgan fingerprint density at radius 3 is 2.09 bits per heavy atom. The molecule has 2 amide bonds. The predicted octanol–water partition coefficient (Wildman–Crippen LogP) is -0.342. The molecule has 0 aromatic heterocycles. The zero-order valence-electron chi connectivity index (χ0n) is 14.0. The van der Waals surface area contributed by atoms with Gasteiger partial charge in [0.2, 0.25) is 11.8 Å². The maximum absolute atomic E-state index is 11.4. The first-order chi connectivity index (χ1) is 11.1. The fraction of sp³-hybridized carbons (Fsp3) is 0.800. The van der Waals surface area contributed by atoms with Gasteiger partial charge < -0.3 is 24.8 Å². The Bertz CT molecular complexity index is 349. The summed E-state index contributed by atoms with van der Waals surface area (Å²) in [5, 5.41) is 5.29. The third-order valence-corrected chi connectivity index (χ3v) is 2.69. The highest BCUT2D eigenvalue weighted by molar-refractivity contribution is 5.79. The normalized spacial score (nSPS) is 10.3. The number of nitrogens with one attached hydrogen (secondary N) is 2. The number of carbonyl (C=O) groups is 3. The molecule has 8 nitrogen and oxygen atoms in total. The molecule has 0 aliphatic carbocycles. The van der Waals surface area contributed by atoms with Crippen molar-refractivity contribution in [2.24, 2.45) is 0 Å². The number of ether oxygens (including phenoxy) is 3. The van der Waals surface area contributed by atoms with Gasteiger partial charge in [-0.2, -0.15) is 0 Å².